The van der Waals surface area contributed by atoms with E-state index in [1.54, 1.807) is 0 Å². The van der Waals surface area contributed by atoms with E-state index in [0.29, 0.717) is 6.42 Å². The predicted octanol–water partition coefficient (Wildman–Crippen LogP) is 8.32. The minimum absolute atomic E-state index is 0.0538. The highest BCUT2D eigenvalue weighted by Gasteiger charge is 2.25. The lowest BCUT2D eigenvalue weighted by atomic mass is 10.1. The molecule has 0 aliphatic carbocycles. The van der Waals surface area contributed by atoms with E-state index < -0.39 is 32.5 Å². The summed E-state index contributed by atoms with van der Waals surface area (Å²) in [5.41, 5.74) is 5.30. The van der Waals surface area contributed by atoms with Gasteiger partial charge >= 0.3 is 19.8 Å². The number of carbonyl (C=O) groups is 2. The Morgan fingerprint density at radius 2 is 1.17 bits per heavy atom. The summed E-state index contributed by atoms with van der Waals surface area (Å²) in [4.78, 5) is 34.3. The fraction of sp³-hybridized carbons (Fsp3) is 0.875. The average molecular weight is 620 g/mol. The van der Waals surface area contributed by atoms with Crippen molar-refractivity contribution in [3.05, 3.63) is 12.2 Å². The number of unbranched alkanes of at least 4 members (excludes halogenated alkanes) is 16. The number of nitrogens with two attached hydrogens (primary N) is 1. The molecule has 0 aliphatic heterocycles. The zero-order valence-corrected chi connectivity index (χ0v) is 27.6. The highest BCUT2D eigenvalue weighted by atomic mass is 31.2. The summed E-state index contributed by atoms with van der Waals surface area (Å²) >= 11 is 0. The van der Waals surface area contributed by atoms with Crippen LogP contribution in [0.3, 0.4) is 0 Å². The monoisotopic (exact) mass is 619 g/mol. The van der Waals surface area contributed by atoms with Crippen molar-refractivity contribution in [3.63, 3.8) is 0 Å². The quantitative estimate of drug-likeness (QED) is 0.0340. The third-order valence-electron chi connectivity index (χ3n) is 6.90. The van der Waals surface area contributed by atoms with E-state index in [-0.39, 0.29) is 32.6 Å². The van der Waals surface area contributed by atoms with E-state index in [2.05, 4.69) is 26.0 Å². The van der Waals surface area contributed by atoms with Crippen molar-refractivity contribution in [3.8, 4) is 0 Å². The van der Waals surface area contributed by atoms with Gasteiger partial charge in [0.25, 0.3) is 0 Å². The maximum Gasteiger partial charge on any atom is 0.472 e. The molecule has 42 heavy (non-hydrogen) atoms. The SMILES string of the molecule is CCCCCCCCC/C=C\CCCCCCCC(=O)OC(COC(=O)CCCCCCC)COP(=O)(O)OCCN. The van der Waals surface area contributed by atoms with Crippen LogP contribution < -0.4 is 5.73 Å². The molecule has 2 unspecified atom stereocenters. The molecule has 0 aromatic rings. The lowest BCUT2D eigenvalue weighted by Gasteiger charge is -2.19. The van der Waals surface area contributed by atoms with E-state index in [9.17, 15) is 19.0 Å². The van der Waals surface area contributed by atoms with E-state index in [1.165, 1.54) is 51.4 Å². The summed E-state index contributed by atoms with van der Waals surface area (Å²) in [5.74, 6) is -0.852. The number of carbonyl (C=O) groups excluding carboxylic acids is 2. The summed E-state index contributed by atoms with van der Waals surface area (Å²) in [7, 11) is -4.35. The molecule has 0 aromatic carbocycles. The Hall–Kier alpha value is -1.25. The zero-order chi connectivity index (χ0) is 31.2. The van der Waals surface area contributed by atoms with Crippen LogP contribution in [0.2, 0.25) is 0 Å². The molecule has 10 heteroatoms. The summed E-state index contributed by atoms with van der Waals surface area (Å²) in [6, 6.07) is 0. The molecular weight excluding hydrogens is 557 g/mol. The Morgan fingerprint density at radius 1 is 0.690 bits per heavy atom. The van der Waals surface area contributed by atoms with Crippen molar-refractivity contribution >= 4 is 19.8 Å². The van der Waals surface area contributed by atoms with Crippen LogP contribution in [0.1, 0.15) is 149 Å². The number of esters is 2. The number of phosphoric acid groups is 1. The van der Waals surface area contributed by atoms with Crippen LogP contribution in [-0.2, 0) is 32.7 Å². The smallest absolute Gasteiger partial charge is 0.462 e. The first-order valence-corrected chi connectivity index (χ1v) is 18.2. The standard InChI is InChI=1S/C32H62NO8P/c1-3-5-7-9-10-11-12-13-14-15-16-17-18-19-21-23-25-32(35)41-30(29-40-42(36,37)39-27-26-33)28-38-31(34)24-22-20-8-6-4-2/h14-15,30H,3-13,16-29,33H2,1-2H3,(H,36,37)/b15-14-. The van der Waals surface area contributed by atoms with Crippen LogP contribution in [0.25, 0.3) is 0 Å². The molecule has 3 N–H and O–H groups in total. The number of phosphoric ester groups is 1. The lowest BCUT2D eigenvalue weighted by Crippen LogP contribution is -2.29. The molecule has 0 radical (unpaired) electrons. The van der Waals surface area contributed by atoms with Crippen LogP contribution in [0.4, 0.5) is 0 Å². The molecule has 248 valence electrons. The Balaban J connectivity index is 4.18. The highest BCUT2D eigenvalue weighted by Crippen LogP contribution is 2.43. The van der Waals surface area contributed by atoms with Gasteiger partial charge < -0.3 is 20.1 Å². The highest BCUT2D eigenvalue weighted by molar-refractivity contribution is 7.47. The fourth-order valence-corrected chi connectivity index (χ4v) is 5.16. The molecule has 0 spiro atoms. The molecule has 0 heterocycles. The first-order valence-electron chi connectivity index (χ1n) is 16.7. The molecule has 0 saturated heterocycles. The van der Waals surface area contributed by atoms with Crippen LogP contribution in [0, 0.1) is 0 Å². The van der Waals surface area contributed by atoms with Gasteiger partial charge in [-0.3, -0.25) is 18.6 Å². The second kappa shape index (κ2) is 29.8. The van der Waals surface area contributed by atoms with Crippen LogP contribution >= 0.6 is 7.82 Å². The molecule has 2 atom stereocenters. The second-order valence-corrected chi connectivity index (χ2v) is 12.5. The Labute approximate surface area is 256 Å². The van der Waals surface area contributed by atoms with E-state index in [1.807, 2.05) is 0 Å². The van der Waals surface area contributed by atoms with Crippen LogP contribution in [0.5, 0.6) is 0 Å². The van der Waals surface area contributed by atoms with Gasteiger partial charge in [-0.2, -0.15) is 0 Å². The first kappa shape index (κ1) is 40.8. The Morgan fingerprint density at radius 3 is 1.69 bits per heavy atom. The van der Waals surface area contributed by atoms with E-state index in [4.69, 9.17) is 24.3 Å². The van der Waals surface area contributed by atoms with Gasteiger partial charge in [-0.1, -0.05) is 109 Å². The van der Waals surface area contributed by atoms with Gasteiger partial charge in [0.15, 0.2) is 6.10 Å². The summed E-state index contributed by atoms with van der Waals surface area (Å²) in [6.07, 6.45) is 25.7. The maximum atomic E-state index is 12.4. The summed E-state index contributed by atoms with van der Waals surface area (Å²) in [5, 5.41) is 0. The van der Waals surface area contributed by atoms with Crippen molar-refractivity contribution < 1.29 is 37.6 Å². The van der Waals surface area contributed by atoms with Crippen LogP contribution in [-0.4, -0.2) is 49.3 Å². The number of ether oxygens (including phenoxy) is 2. The van der Waals surface area contributed by atoms with Crippen LogP contribution in [0.15, 0.2) is 12.2 Å². The van der Waals surface area contributed by atoms with Gasteiger partial charge in [-0.05, 0) is 38.5 Å². The Kier molecular flexibility index (Phi) is 28.9. The molecule has 0 amide bonds. The minimum atomic E-state index is -4.35. The fourth-order valence-electron chi connectivity index (χ4n) is 4.39. The van der Waals surface area contributed by atoms with E-state index in [0.717, 1.165) is 64.2 Å². The van der Waals surface area contributed by atoms with Gasteiger partial charge in [0.05, 0.1) is 13.2 Å². The lowest BCUT2D eigenvalue weighted by molar-refractivity contribution is -0.161. The third-order valence-corrected chi connectivity index (χ3v) is 7.89. The summed E-state index contributed by atoms with van der Waals surface area (Å²) < 4.78 is 32.3. The molecule has 0 aromatic heterocycles. The number of hydrogen-bond acceptors (Lipinski definition) is 8. The molecule has 0 fully saturated rings. The van der Waals surface area contributed by atoms with Gasteiger partial charge in [0, 0.05) is 19.4 Å². The summed E-state index contributed by atoms with van der Waals surface area (Å²) in [6.45, 7) is 3.60. The first-order chi connectivity index (χ1) is 20.3. The number of allylic oxidation sites excluding steroid dienone is 2. The van der Waals surface area contributed by atoms with Gasteiger partial charge in [-0.25, -0.2) is 4.57 Å². The van der Waals surface area contributed by atoms with Crippen molar-refractivity contribution in [2.24, 2.45) is 5.73 Å². The van der Waals surface area contributed by atoms with Crippen molar-refractivity contribution in [2.45, 2.75) is 155 Å². The van der Waals surface area contributed by atoms with E-state index >= 15 is 0 Å². The molecule has 9 nitrogen and oxygen atoms in total. The largest absolute Gasteiger partial charge is 0.472 e. The normalized spacial score (nSPS) is 13.7. The molecule has 0 saturated carbocycles. The Bertz CT molecular complexity index is 719. The topological polar surface area (TPSA) is 134 Å². The average Bonchev–Trinajstić information content (AvgIpc) is 2.97. The van der Waals surface area contributed by atoms with Gasteiger partial charge in [0.2, 0.25) is 0 Å². The van der Waals surface area contributed by atoms with Crippen molar-refractivity contribution in [2.75, 3.05) is 26.4 Å². The molecular formula is C32H62NO8P. The minimum Gasteiger partial charge on any atom is -0.462 e. The number of hydrogen-bond donors (Lipinski definition) is 2. The second-order valence-electron chi connectivity index (χ2n) is 11.0. The van der Waals surface area contributed by atoms with Crippen molar-refractivity contribution in [1.82, 2.24) is 0 Å². The van der Waals surface area contributed by atoms with Gasteiger partial charge in [-0.15, -0.1) is 0 Å². The zero-order valence-electron chi connectivity index (χ0n) is 26.7. The van der Waals surface area contributed by atoms with Crippen molar-refractivity contribution in [1.29, 1.82) is 0 Å². The predicted molar refractivity (Wildman–Crippen MR) is 169 cm³/mol. The number of rotatable bonds is 31. The van der Waals surface area contributed by atoms with Gasteiger partial charge in [0.1, 0.15) is 6.61 Å². The third kappa shape index (κ3) is 28.9. The molecule has 0 aliphatic rings. The molecule has 0 rings (SSSR count). The molecule has 0 bridgehead atoms. The maximum absolute atomic E-state index is 12.4.